The SMILES string of the molecule is CCOC(=O)C(CC)CCCCCCCCCCCC=O. The number of esters is 1. The zero-order valence-electron chi connectivity index (χ0n) is 14.1. The molecule has 0 aliphatic rings. The number of carbonyl (C=O) groups is 2. The molecule has 1 unspecified atom stereocenters. The molecule has 0 aromatic rings. The van der Waals surface area contributed by atoms with E-state index in [0.29, 0.717) is 6.61 Å². The highest BCUT2D eigenvalue weighted by Crippen LogP contribution is 2.17. The van der Waals surface area contributed by atoms with Gasteiger partial charge in [0.2, 0.25) is 0 Å². The van der Waals surface area contributed by atoms with Crippen molar-refractivity contribution < 1.29 is 14.3 Å². The summed E-state index contributed by atoms with van der Waals surface area (Å²) in [5.41, 5.74) is 0. The molecule has 3 heteroatoms. The van der Waals surface area contributed by atoms with Crippen LogP contribution in [0.3, 0.4) is 0 Å². The number of aldehydes is 1. The lowest BCUT2D eigenvalue weighted by Crippen LogP contribution is -2.16. The average molecular weight is 298 g/mol. The van der Waals surface area contributed by atoms with E-state index in [1.165, 1.54) is 44.9 Å². The third kappa shape index (κ3) is 12.6. The molecule has 0 heterocycles. The Kier molecular flexibility index (Phi) is 14.9. The lowest BCUT2D eigenvalue weighted by molar-refractivity contribution is -0.148. The first-order valence-electron chi connectivity index (χ1n) is 8.86. The maximum Gasteiger partial charge on any atom is 0.308 e. The Morgan fingerprint density at radius 1 is 0.905 bits per heavy atom. The molecule has 0 bridgehead atoms. The molecule has 124 valence electrons. The molecule has 0 fully saturated rings. The predicted octanol–water partition coefficient (Wildman–Crippen LogP) is 5.07. The summed E-state index contributed by atoms with van der Waals surface area (Å²) in [6, 6.07) is 0. The van der Waals surface area contributed by atoms with Crippen LogP contribution in [0.1, 0.15) is 90.9 Å². The summed E-state index contributed by atoms with van der Waals surface area (Å²) in [7, 11) is 0. The van der Waals surface area contributed by atoms with Crippen LogP contribution in [0.15, 0.2) is 0 Å². The minimum atomic E-state index is -0.0182. The second-order valence-electron chi connectivity index (χ2n) is 5.78. The fourth-order valence-electron chi connectivity index (χ4n) is 2.60. The van der Waals surface area contributed by atoms with Crippen molar-refractivity contribution >= 4 is 12.3 Å². The smallest absolute Gasteiger partial charge is 0.308 e. The van der Waals surface area contributed by atoms with Gasteiger partial charge in [0.25, 0.3) is 0 Å². The topological polar surface area (TPSA) is 43.4 Å². The first-order valence-corrected chi connectivity index (χ1v) is 8.86. The Morgan fingerprint density at radius 2 is 1.43 bits per heavy atom. The molecule has 0 amide bonds. The minimum Gasteiger partial charge on any atom is -0.466 e. The van der Waals surface area contributed by atoms with Gasteiger partial charge in [-0.1, -0.05) is 58.3 Å². The number of carbonyl (C=O) groups excluding carboxylic acids is 2. The average Bonchev–Trinajstić information content (AvgIpc) is 2.48. The lowest BCUT2D eigenvalue weighted by atomic mass is 9.98. The highest BCUT2D eigenvalue weighted by Gasteiger charge is 2.16. The maximum absolute atomic E-state index is 11.6. The van der Waals surface area contributed by atoms with Crippen LogP contribution in [0.4, 0.5) is 0 Å². The minimum absolute atomic E-state index is 0.0182. The van der Waals surface area contributed by atoms with Gasteiger partial charge in [-0.05, 0) is 26.2 Å². The van der Waals surface area contributed by atoms with Gasteiger partial charge in [-0.15, -0.1) is 0 Å². The molecule has 0 aromatic carbocycles. The van der Waals surface area contributed by atoms with Gasteiger partial charge in [-0.25, -0.2) is 0 Å². The molecular weight excluding hydrogens is 264 g/mol. The molecule has 0 rings (SSSR count). The van der Waals surface area contributed by atoms with Crippen LogP contribution >= 0.6 is 0 Å². The van der Waals surface area contributed by atoms with Crippen LogP contribution in [0.5, 0.6) is 0 Å². The highest BCUT2D eigenvalue weighted by atomic mass is 16.5. The molecule has 0 radical (unpaired) electrons. The highest BCUT2D eigenvalue weighted by molar-refractivity contribution is 5.72. The van der Waals surface area contributed by atoms with Crippen molar-refractivity contribution in [2.45, 2.75) is 90.9 Å². The first kappa shape index (κ1) is 20.1. The Hall–Kier alpha value is -0.860. The van der Waals surface area contributed by atoms with Crippen LogP contribution in [-0.2, 0) is 14.3 Å². The monoisotopic (exact) mass is 298 g/mol. The van der Waals surface area contributed by atoms with Crippen molar-refractivity contribution in [1.29, 1.82) is 0 Å². The fraction of sp³-hybridized carbons (Fsp3) is 0.889. The zero-order valence-corrected chi connectivity index (χ0v) is 14.1. The normalized spacial score (nSPS) is 12.1. The van der Waals surface area contributed by atoms with Crippen molar-refractivity contribution in [3.63, 3.8) is 0 Å². The summed E-state index contributed by atoms with van der Waals surface area (Å²) in [5, 5.41) is 0. The van der Waals surface area contributed by atoms with Gasteiger partial charge >= 0.3 is 5.97 Å². The Balaban J connectivity index is 3.34. The third-order valence-electron chi connectivity index (χ3n) is 3.99. The number of rotatable bonds is 15. The van der Waals surface area contributed by atoms with Gasteiger partial charge in [-0.2, -0.15) is 0 Å². The lowest BCUT2D eigenvalue weighted by Gasteiger charge is -2.13. The summed E-state index contributed by atoms with van der Waals surface area (Å²) in [6.45, 7) is 4.41. The summed E-state index contributed by atoms with van der Waals surface area (Å²) in [4.78, 5) is 21.8. The van der Waals surface area contributed by atoms with E-state index < -0.39 is 0 Å². The summed E-state index contributed by atoms with van der Waals surface area (Å²) in [5.74, 6) is 0.0816. The summed E-state index contributed by atoms with van der Waals surface area (Å²) >= 11 is 0. The van der Waals surface area contributed by atoms with Crippen molar-refractivity contribution in [2.24, 2.45) is 5.92 Å². The molecule has 0 aromatic heterocycles. The van der Waals surface area contributed by atoms with Crippen LogP contribution in [0, 0.1) is 5.92 Å². The van der Waals surface area contributed by atoms with E-state index in [1.807, 2.05) is 6.92 Å². The van der Waals surface area contributed by atoms with E-state index in [2.05, 4.69) is 6.92 Å². The molecule has 0 spiro atoms. The zero-order chi connectivity index (χ0) is 15.8. The van der Waals surface area contributed by atoms with Crippen molar-refractivity contribution in [2.75, 3.05) is 6.61 Å². The van der Waals surface area contributed by atoms with E-state index >= 15 is 0 Å². The fourth-order valence-corrected chi connectivity index (χ4v) is 2.60. The Labute approximate surface area is 130 Å². The number of hydrogen-bond donors (Lipinski definition) is 0. The Morgan fingerprint density at radius 3 is 1.90 bits per heavy atom. The third-order valence-corrected chi connectivity index (χ3v) is 3.99. The number of ether oxygens (including phenoxy) is 1. The maximum atomic E-state index is 11.6. The molecule has 21 heavy (non-hydrogen) atoms. The first-order chi connectivity index (χ1) is 10.3. The number of hydrogen-bond acceptors (Lipinski definition) is 3. The van der Waals surface area contributed by atoms with Crippen LogP contribution < -0.4 is 0 Å². The Bertz CT molecular complexity index is 251. The van der Waals surface area contributed by atoms with Crippen molar-refractivity contribution in [3.8, 4) is 0 Å². The van der Waals surface area contributed by atoms with Gasteiger partial charge in [0.15, 0.2) is 0 Å². The molecule has 3 nitrogen and oxygen atoms in total. The standard InChI is InChI=1S/C18H34O3/c1-3-17(18(20)21-4-2)15-13-11-9-7-5-6-8-10-12-14-16-19/h16-17H,3-15H2,1-2H3. The quantitative estimate of drug-likeness (QED) is 0.241. The molecule has 0 saturated heterocycles. The summed E-state index contributed by atoms with van der Waals surface area (Å²) in [6.07, 6.45) is 14.6. The molecule has 0 saturated carbocycles. The van der Waals surface area contributed by atoms with Crippen molar-refractivity contribution in [3.05, 3.63) is 0 Å². The second-order valence-corrected chi connectivity index (χ2v) is 5.78. The number of unbranched alkanes of at least 4 members (excludes halogenated alkanes) is 9. The van der Waals surface area contributed by atoms with E-state index in [1.54, 1.807) is 0 Å². The van der Waals surface area contributed by atoms with Crippen LogP contribution in [0.25, 0.3) is 0 Å². The van der Waals surface area contributed by atoms with E-state index in [4.69, 9.17) is 4.74 Å². The second kappa shape index (κ2) is 15.5. The van der Waals surface area contributed by atoms with E-state index in [-0.39, 0.29) is 11.9 Å². The van der Waals surface area contributed by atoms with Gasteiger partial charge in [0.1, 0.15) is 6.29 Å². The van der Waals surface area contributed by atoms with E-state index in [9.17, 15) is 9.59 Å². The van der Waals surface area contributed by atoms with Gasteiger partial charge in [-0.3, -0.25) is 4.79 Å². The van der Waals surface area contributed by atoms with E-state index in [0.717, 1.165) is 38.4 Å². The summed E-state index contributed by atoms with van der Waals surface area (Å²) < 4.78 is 5.08. The predicted molar refractivity (Wildman–Crippen MR) is 87.3 cm³/mol. The van der Waals surface area contributed by atoms with Crippen LogP contribution in [0.2, 0.25) is 0 Å². The van der Waals surface area contributed by atoms with Crippen molar-refractivity contribution in [1.82, 2.24) is 0 Å². The molecule has 0 N–H and O–H groups in total. The van der Waals surface area contributed by atoms with Gasteiger partial charge in [0, 0.05) is 6.42 Å². The van der Waals surface area contributed by atoms with Gasteiger partial charge < -0.3 is 9.53 Å². The largest absolute Gasteiger partial charge is 0.466 e. The van der Waals surface area contributed by atoms with Gasteiger partial charge in [0.05, 0.1) is 12.5 Å². The molecular formula is C18H34O3. The molecule has 0 aliphatic carbocycles. The molecule has 1 atom stereocenters. The molecule has 0 aliphatic heterocycles. The van der Waals surface area contributed by atoms with Crippen LogP contribution in [-0.4, -0.2) is 18.9 Å².